The monoisotopic (exact) mass is 390 g/mol. The van der Waals surface area contributed by atoms with Gasteiger partial charge in [-0.15, -0.1) is 0 Å². The Morgan fingerprint density at radius 3 is 2.15 bits per heavy atom. The molecule has 0 saturated heterocycles. The first-order chi connectivity index (χ1) is 12.6. The molecule has 0 bridgehead atoms. The van der Waals surface area contributed by atoms with Gasteiger partial charge in [-0.1, -0.05) is 53.5 Å². The van der Waals surface area contributed by atoms with Crippen molar-refractivity contribution < 1.29 is 9.47 Å². The van der Waals surface area contributed by atoms with Crippen molar-refractivity contribution in [3.8, 4) is 11.3 Å². The molecule has 0 atom stereocenters. The number of aromatic nitrogens is 2. The Labute approximate surface area is 163 Å². The maximum absolute atomic E-state index is 6.19. The molecule has 0 amide bonds. The molecule has 1 N–H and O–H groups in total. The van der Waals surface area contributed by atoms with Gasteiger partial charge in [-0.25, -0.2) is 0 Å². The van der Waals surface area contributed by atoms with E-state index in [1.54, 1.807) is 12.3 Å². The van der Waals surface area contributed by atoms with Gasteiger partial charge in [0.05, 0.1) is 17.5 Å². The number of hydrogen-bond acceptors (Lipinski definition) is 3. The maximum Gasteiger partial charge on any atom is 0.226 e. The van der Waals surface area contributed by atoms with Crippen molar-refractivity contribution in [2.24, 2.45) is 0 Å². The van der Waals surface area contributed by atoms with Crippen LogP contribution in [-0.4, -0.2) is 23.4 Å². The van der Waals surface area contributed by atoms with Crippen LogP contribution in [0.25, 0.3) is 11.3 Å². The summed E-state index contributed by atoms with van der Waals surface area (Å²) in [4.78, 5) is 0. The minimum atomic E-state index is -1.08. The first kappa shape index (κ1) is 18.9. The molecular formula is C20H20Cl2N2O2. The Balaban J connectivity index is 2.22. The quantitative estimate of drug-likeness (QED) is 0.529. The number of halogens is 2. The van der Waals surface area contributed by atoms with Crippen LogP contribution in [0.15, 0.2) is 54.7 Å². The Bertz CT molecular complexity index is 839. The topological polar surface area (TPSA) is 47.1 Å². The normalized spacial score (nSPS) is 11.7. The van der Waals surface area contributed by atoms with Crippen molar-refractivity contribution in [3.05, 3.63) is 75.9 Å². The van der Waals surface area contributed by atoms with Gasteiger partial charge in [0.2, 0.25) is 5.79 Å². The molecule has 136 valence electrons. The average Bonchev–Trinajstić information content (AvgIpc) is 3.11. The van der Waals surface area contributed by atoms with Gasteiger partial charge in [0.1, 0.15) is 0 Å². The first-order valence-electron chi connectivity index (χ1n) is 8.44. The van der Waals surface area contributed by atoms with Crippen LogP contribution in [0.5, 0.6) is 0 Å². The number of rotatable bonds is 7. The lowest BCUT2D eigenvalue weighted by Crippen LogP contribution is -2.35. The van der Waals surface area contributed by atoms with E-state index in [0.717, 1.165) is 22.4 Å². The molecule has 6 heteroatoms. The van der Waals surface area contributed by atoms with E-state index >= 15 is 0 Å². The van der Waals surface area contributed by atoms with Crippen LogP contribution in [0, 0.1) is 0 Å². The van der Waals surface area contributed by atoms with Crippen molar-refractivity contribution in [3.63, 3.8) is 0 Å². The highest BCUT2D eigenvalue weighted by molar-refractivity contribution is 6.35. The summed E-state index contributed by atoms with van der Waals surface area (Å²) < 4.78 is 12.3. The molecule has 2 aromatic carbocycles. The zero-order valence-corrected chi connectivity index (χ0v) is 16.1. The molecule has 0 spiro atoms. The van der Waals surface area contributed by atoms with E-state index in [-0.39, 0.29) is 0 Å². The summed E-state index contributed by atoms with van der Waals surface area (Å²) in [6, 6.07) is 15.2. The zero-order chi connectivity index (χ0) is 18.6. The van der Waals surface area contributed by atoms with E-state index < -0.39 is 5.79 Å². The van der Waals surface area contributed by atoms with Gasteiger partial charge in [0.15, 0.2) is 0 Å². The Hall–Kier alpha value is -1.85. The molecule has 4 nitrogen and oxygen atoms in total. The molecule has 0 unspecified atom stereocenters. The minimum Gasteiger partial charge on any atom is -0.342 e. The number of benzene rings is 2. The number of ether oxygens (including phenoxy) is 2. The summed E-state index contributed by atoms with van der Waals surface area (Å²) in [5, 5.41) is 8.38. The maximum atomic E-state index is 6.19. The number of nitrogens with one attached hydrogen (secondary N) is 1. The van der Waals surface area contributed by atoms with Gasteiger partial charge in [-0.05, 0) is 32.0 Å². The summed E-state index contributed by atoms with van der Waals surface area (Å²) in [5.74, 6) is -1.08. The second-order valence-electron chi connectivity index (χ2n) is 5.67. The van der Waals surface area contributed by atoms with Crippen LogP contribution in [0.2, 0.25) is 10.0 Å². The second kappa shape index (κ2) is 8.23. The molecule has 0 saturated carbocycles. The van der Waals surface area contributed by atoms with Crippen molar-refractivity contribution >= 4 is 23.2 Å². The zero-order valence-electron chi connectivity index (χ0n) is 14.6. The summed E-state index contributed by atoms with van der Waals surface area (Å²) in [6.45, 7) is 4.81. The fourth-order valence-electron chi connectivity index (χ4n) is 3.04. The van der Waals surface area contributed by atoms with Crippen LogP contribution in [0.4, 0.5) is 0 Å². The van der Waals surface area contributed by atoms with E-state index in [1.165, 1.54) is 0 Å². The molecule has 0 aliphatic heterocycles. The third-order valence-electron chi connectivity index (χ3n) is 3.99. The Morgan fingerprint density at radius 2 is 1.58 bits per heavy atom. The lowest BCUT2D eigenvalue weighted by molar-refractivity contribution is -0.212. The Morgan fingerprint density at radius 1 is 0.962 bits per heavy atom. The van der Waals surface area contributed by atoms with Crippen LogP contribution >= 0.6 is 23.2 Å². The Kier molecular flexibility index (Phi) is 5.99. The number of H-pyrrole nitrogens is 1. The van der Waals surface area contributed by atoms with Crippen molar-refractivity contribution in [2.45, 2.75) is 19.6 Å². The molecular weight excluding hydrogens is 371 g/mol. The van der Waals surface area contributed by atoms with E-state index in [1.807, 2.05) is 56.3 Å². The number of nitrogens with zero attached hydrogens (tertiary/aromatic N) is 1. The lowest BCUT2D eigenvalue weighted by Gasteiger charge is -2.33. The third-order valence-corrected chi connectivity index (χ3v) is 4.43. The van der Waals surface area contributed by atoms with Gasteiger partial charge < -0.3 is 9.47 Å². The predicted octanol–water partition coefficient (Wildman–Crippen LogP) is 5.66. The third kappa shape index (κ3) is 3.64. The smallest absolute Gasteiger partial charge is 0.226 e. The molecule has 0 radical (unpaired) electrons. The van der Waals surface area contributed by atoms with Gasteiger partial charge >= 0.3 is 0 Å². The largest absolute Gasteiger partial charge is 0.342 e. The highest BCUT2D eigenvalue weighted by Gasteiger charge is 2.39. The molecule has 26 heavy (non-hydrogen) atoms. The van der Waals surface area contributed by atoms with E-state index in [0.29, 0.717) is 23.3 Å². The number of hydrogen-bond donors (Lipinski definition) is 1. The minimum absolute atomic E-state index is 0.468. The highest BCUT2D eigenvalue weighted by Crippen LogP contribution is 2.40. The van der Waals surface area contributed by atoms with Crippen molar-refractivity contribution in [2.75, 3.05) is 13.2 Å². The van der Waals surface area contributed by atoms with Crippen LogP contribution in [0.3, 0.4) is 0 Å². The highest BCUT2D eigenvalue weighted by atomic mass is 35.5. The van der Waals surface area contributed by atoms with E-state index in [4.69, 9.17) is 32.7 Å². The molecule has 1 heterocycles. The molecule has 0 aliphatic carbocycles. The molecule has 1 aromatic heterocycles. The fraction of sp³-hybridized carbons (Fsp3) is 0.250. The van der Waals surface area contributed by atoms with Gasteiger partial charge in [0.25, 0.3) is 0 Å². The van der Waals surface area contributed by atoms with Gasteiger partial charge in [-0.3, -0.25) is 5.10 Å². The van der Waals surface area contributed by atoms with Gasteiger partial charge in [0, 0.05) is 34.4 Å². The molecule has 0 fully saturated rings. The van der Waals surface area contributed by atoms with Gasteiger partial charge in [-0.2, -0.15) is 5.10 Å². The molecule has 3 rings (SSSR count). The summed E-state index contributed by atoms with van der Waals surface area (Å²) in [5.41, 5.74) is 3.22. The molecule has 0 aliphatic rings. The number of aromatic amines is 1. The van der Waals surface area contributed by atoms with Crippen LogP contribution in [0.1, 0.15) is 25.0 Å². The lowest BCUT2D eigenvalue weighted by atomic mass is 9.94. The van der Waals surface area contributed by atoms with E-state index in [9.17, 15) is 0 Å². The average molecular weight is 391 g/mol. The predicted molar refractivity (Wildman–Crippen MR) is 105 cm³/mol. The standard InChI is InChI=1S/C20H20Cl2N2O2/c1-3-25-20(26-4-2,15-8-6-5-7-9-15)18-13-23-24-19(18)14-10-16(21)12-17(22)11-14/h5-13H,3-4H2,1-2H3,(H,23,24). The summed E-state index contributed by atoms with van der Waals surface area (Å²) in [6.07, 6.45) is 1.72. The van der Waals surface area contributed by atoms with Crippen molar-refractivity contribution in [1.82, 2.24) is 10.2 Å². The van der Waals surface area contributed by atoms with Crippen LogP contribution in [-0.2, 0) is 15.3 Å². The first-order valence-corrected chi connectivity index (χ1v) is 9.20. The van der Waals surface area contributed by atoms with Crippen LogP contribution < -0.4 is 0 Å². The van der Waals surface area contributed by atoms with E-state index in [2.05, 4.69) is 10.2 Å². The fourth-order valence-corrected chi connectivity index (χ4v) is 3.56. The SMILES string of the molecule is CCOC(OCC)(c1ccccc1)c1cn[nH]c1-c1cc(Cl)cc(Cl)c1. The summed E-state index contributed by atoms with van der Waals surface area (Å²) in [7, 11) is 0. The second-order valence-corrected chi connectivity index (χ2v) is 6.54. The molecule has 3 aromatic rings. The van der Waals surface area contributed by atoms with Crippen molar-refractivity contribution in [1.29, 1.82) is 0 Å². The summed E-state index contributed by atoms with van der Waals surface area (Å²) >= 11 is 12.4.